The Kier molecular flexibility index (Phi) is 3.67. The molecule has 5 heteroatoms. The number of aliphatic hydroxyl groups excluding tert-OH is 1. The van der Waals surface area contributed by atoms with Crippen molar-refractivity contribution in [3.8, 4) is 0 Å². The molecule has 3 aliphatic heterocycles. The fourth-order valence-corrected chi connectivity index (χ4v) is 4.72. The fraction of sp³-hybridized carbons (Fsp3) is 0.611. The monoisotopic (exact) mass is 315 g/mol. The maximum atomic E-state index is 12.8. The van der Waals surface area contributed by atoms with Gasteiger partial charge in [-0.1, -0.05) is 30.3 Å². The Morgan fingerprint density at radius 2 is 1.96 bits per heavy atom. The van der Waals surface area contributed by atoms with Gasteiger partial charge in [0.2, 0.25) is 5.91 Å². The van der Waals surface area contributed by atoms with Crippen molar-refractivity contribution >= 4 is 5.91 Å². The summed E-state index contributed by atoms with van der Waals surface area (Å²) >= 11 is 0. The number of β-amino-alcohol motifs (C(OH)–C–C–N with tert-alkyl or cyclic N) is 1. The van der Waals surface area contributed by atoms with E-state index in [1.807, 2.05) is 35.2 Å². The predicted octanol–water partition coefficient (Wildman–Crippen LogP) is 0.191. The molecule has 3 fully saturated rings. The highest BCUT2D eigenvalue weighted by Crippen LogP contribution is 2.38. The number of likely N-dealkylation sites (tertiary alicyclic amines) is 1. The second-order valence-electron chi connectivity index (χ2n) is 7.53. The van der Waals surface area contributed by atoms with Crippen LogP contribution in [0.15, 0.2) is 30.3 Å². The average Bonchev–Trinajstić information content (AvgIpc) is 2.87. The van der Waals surface area contributed by atoms with Crippen LogP contribution in [0.4, 0.5) is 0 Å². The lowest BCUT2D eigenvalue weighted by atomic mass is 9.84. The quantitative estimate of drug-likeness (QED) is 0.846. The molecule has 5 nitrogen and oxygen atoms in total. The number of hydrogen-bond donors (Lipinski definition) is 1. The van der Waals surface area contributed by atoms with Gasteiger partial charge in [-0.05, 0) is 19.0 Å². The van der Waals surface area contributed by atoms with Crippen LogP contribution >= 0.6 is 0 Å². The van der Waals surface area contributed by atoms with E-state index in [0.717, 1.165) is 44.7 Å². The van der Waals surface area contributed by atoms with Crippen LogP contribution in [0.3, 0.4) is 0 Å². The minimum absolute atomic E-state index is 0.0570. The molecule has 0 aromatic heterocycles. The Hall–Kier alpha value is -1.43. The maximum Gasteiger partial charge on any atom is 0.227 e. The molecule has 1 spiro atoms. The van der Waals surface area contributed by atoms with Gasteiger partial charge in [-0.3, -0.25) is 9.69 Å². The number of benzene rings is 1. The molecule has 0 bridgehead atoms. The topological polar surface area (TPSA) is 47.0 Å². The summed E-state index contributed by atoms with van der Waals surface area (Å²) in [5.41, 5.74) is 1.13. The number of rotatable bonds is 2. The van der Waals surface area contributed by atoms with Gasteiger partial charge in [-0.15, -0.1) is 0 Å². The van der Waals surface area contributed by atoms with Crippen molar-refractivity contribution in [1.29, 1.82) is 0 Å². The number of likely N-dealkylation sites (N-methyl/N-ethyl adjacent to an activating group) is 1. The van der Waals surface area contributed by atoms with E-state index >= 15 is 0 Å². The molecule has 1 aromatic rings. The lowest BCUT2D eigenvalue weighted by Gasteiger charge is -2.60. The van der Waals surface area contributed by atoms with Crippen molar-refractivity contribution in [1.82, 2.24) is 14.7 Å². The van der Waals surface area contributed by atoms with Gasteiger partial charge in [-0.25, -0.2) is 0 Å². The van der Waals surface area contributed by atoms with Crippen molar-refractivity contribution in [2.75, 3.05) is 39.8 Å². The Labute approximate surface area is 137 Å². The molecule has 1 amide bonds. The third-order valence-corrected chi connectivity index (χ3v) is 5.60. The molecule has 3 saturated heterocycles. The zero-order valence-corrected chi connectivity index (χ0v) is 13.7. The molecule has 0 unspecified atom stereocenters. The Bertz CT molecular complexity index is 585. The molecule has 1 N–H and O–H groups in total. The molecule has 124 valence electrons. The Morgan fingerprint density at radius 3 is 2.65 bits per heavy atom. The summed E-state index contributed by atoms with van der Waals surface area (Å²) in [6.07, 6.45) is 1.02. The summed E-state index contributed by atoms with van der Waals surface area (Å²) in [4.78, 5) is 19.6. The summed E-state index contributed by atoms with van der Waals surface area (Å²) in [5.74, 6) is 0.214. The van der Waals surface area contributed by atoms with Crippen LogP contribution in [0.1, 0.15) is 12.0 Å². The summed E-state index contributed by atoms with van der Waals surface area (Å²) < 4.78 is 0. The molecule has 1 aromatic carbocycles. The van der Waals surface area contributed by atoms with Gasteiger partial charge in [0.25, 0.3) is 0 Å². The molecule has 3 heterocycles. The molecule has 23 heavy (non-hydrogen) atoms. The molecule has 0 radical (unpaired) electrons. The maximum absolute atomic E-state index is 12.8. The predicted molar refractivity (Wildman–Crippen MR) is 88.1 cm³/mol. The molecule has 0 aliphatic carbocycles. The molecular weight excluding hydrogens is 290 g/mol. The lowest BCUT2D eigenvalue weighted by Crippen LogP contribution is -2.77. The van der Waals surface area contributed by atoms with Crippen molar-refractivity contribution in [3.05, 3.63) is 35.9 Å². The number of piperazine rings is 1. The largest absolute Gasteiger partial charge is 0.392 e. The first-order valence-electron chi connectivity index (χ1n) is 8.51. The van der Waals surface area contributed by atoms with E-state index in [1.54, 1.807) is 0 Å². The summed E-state index contributed by atoms with van der Waals surface area (Å²) in [6.45, 7) is 4.30. The van der Waals surface area contributed by atoms with Crippen LogP contribution in [0, 0.1) is 0 Å². The number of nitrogens with zero attached hydrogens (tertiary/aromatic N) is 3. The first-order valence-corrected chi connectivity index (χ1v) is 8.51. The van der Waals surface area contributed by atoms with E-state index in [2.05, 4.69) is 16.8 Å². The van der Waals surface area contributed by atoms with Gasteiger partial charge < -0.3 is 14.9 Å². The number of carbonyl (C=O) groups is 1. The summed E-state index contributed by atoms with van der Waals surface area (Å²) in [5, 5.41) is 10.1. The molecule has 4 rings (SSSR count). The van der Waals surface area contributed by atoms with Crippen molar-refractivity contribution < 1.29 is 9.90 Å². The Morgan fingerprint density at radius 1 is 1.22 bits per heavy atom. The summed E-state index contributed by atoms with van der Waals surface area (Å²) in [6, 6.07) is 10.3. The second kappa shape index (κ2) is 5.58. The average molecular weight is 315 g/mol. The highest BCUT2D eigenvalue weighted by atomic mass is 16.3. The van der Waals surface area contributed by atoms with E-state index in [9.17, 15) is 9.90 Å². The van der Waals surface area contributed by atoms with Gasteiger partial charge in [-0.2, -0.15) is 0 Å². The number of fused-ring (bicyclic) bond motifs is 2. The normalized spacial score (nSPS) is 30.3. The van der Waals surface area contributed by atoms with E-state index < -0.39 is 0 Å². The van der Waals surface area contributed by atoms with Crippen LogP contribution in [0.5, 0.6) is 0 Å². The van der Waals surface area contributed by atoms with Gasteiger partial charge in [0, 0.05) is 38.8 Å². The molecule has 3 aliphatic rings. The minimum atomic E-state index is -0.244. The standard InChI is InChI=1S/C18H25N3O2/c1-19-11-18(12-19)13-20(9-15-8-16(22)10-21(15)18)17(23)7-14-5-3-2-4-6-14/h2-6,15-16,22H,7-13H2,1H3/t15-,16-/m1/s1. The summed E-state index contributed by atoms with van der Waals surface area (Å²) in [7, 11) is 2.12. The van der Waals surface area contributed by atoms with Crippen LogP contribution in [-0.2, 0) is 11.2 Å². The molecule has 0 saturated carbocycles. The van der Waals surface area contributed by atoms with Crippen LogP contribution in [-0.4, -0.2) is 83.2 Å². The van der Waals surface area contributed by atoms with Gasteiger partial charge >= 0.3 is 0 Å². The highest BCUT2D eigenvalue weighted by molar-refractivity contribution is 5.79. The zero-order valence-electron chi connectivity index (χ0n) is 13.7. The number of hydrogen-bond acceptors (Lipinski definition) is 4. The molecular formula is C18H25N3O2. The van der Waals surface area contributed by atoms with Crippen molar-refractivity contribution in [2.45, 2.75) is 30.5 Å². The van der Waals surface area contributed by atoms with E-state index in [0.29, 0.717) is 12.5 Å². The van der Waals surface area contributed by atoms with Gasteiger partial charge in [0.05, 0.1) is 18.1 Å². The van der Waals surface area contributed by atoms with Crippen molar-refractivity contribution in [2.24, 2.45) is 0 Å². The number of amides is 1. The van der Waals surface area contributed by atoms with E-state index in [1.165, 1.54) is 0 Å². The Balaban J connectivity index is 1.50. The fourth-order valence-electron chi connectivity index (χ4n) is 4.72. The number of aliphatic hydroxyl groups is 1. The van der Waals surface area contributed by atoms with Crippen LogP contribution in [0.25, 0.3) is 0 Å². The molecule has 2 atom stereocenters. The second-order valence-corrected chi connectivity index (χ2v) is 7.53. The van der Waals surface area contributed by atoms with Gasteiger partial charge in [0.1, 0.15) is 0 Å². The van der Waals surface area contributed by atoms with E-state index in [4.69, 9.17) is 0 Å². The smallest absolute Gasteiger partial charge is 0.227 e. The van der Waals surface area contributed by atoms with E-state index in [-0.39, 0.29) is 17.6 Å². The highest BCUT2D eigenvalue weighted by Gasteiger charge is 2.55. The van der Waals surface area contributed by atoms with Crippen molar-refractivity contribution in [3.63, 3.8) is 0 Å². The number of carbonyl (C=O) groups excluding carboxylic acids is 1. The minimum Gasteiger partial charge on any atom is -0.392 e. The SMILES string of the molecule is CN1CC2(C1)CN(C(=O)Cc1ccccc1)C[C@H]1C[C@@H](O)CN12. The van der Waals surface area contributed by atoms with Crippen LogP contribution < -0.4 is 0 Å². The lowest BCUT2D eigenvalue weighted by molar-refractivity contribution is -0.147. The third-order valence-electron chi connectivity index (χ3n) is 5.60. The first kappa shape index (κ1) is 15.1. The third kappa shape index (κ3) is 2.67. The zero-order chi connectivity index (χ0) is 16.0. The van der Waals surface area contributed by atoms with Gasteiger partial charge in [0.15, 0.2) is 0 Å². The first-order chi connectivity index (χ1) is 11.1. The van der Waals surface area contributed by atoms with Crippen LogP contribution in [0.2, 0.25) is 0 Å².